The van der Waals surface area contributed by atoms with Crippen LogP contribution in [0.25, 0.3) is 16.5 Å². The van der Waals surface area contributed by atoms with Crippen molar-refractivity contribution in [1.29, 1.82) is 0 Å². The maximum absolute atomic E-state index is 13.2. The van der Waals surface area contributed by atoms with Gasteiger partial charge >= 0.3 is 0 Å². The van der Waals surface area contributed by atoms with Crippen LogP contribution in [0.5, 0.6) is 11.5 Å². The van der Waals surface area contributed by atoms with Gasteiger partial charge in [-0.25, -0.2) is 0 Å². The van der Waals surface area contributed by atoms with Crippen molar-refractivity contribution in [3.8, 4) is 17.2 Å². The monoisotopic (exact) mass is 422 g/mol. The smallest absolute Gasteiger partial charge is 0.279 e. The molecule has 1 aromatic heterocycles. The molecule has 1 aliphatic heterocycles. The number of nitrogens with zero attached hydrogens (tertiary/aromatic N) is 3. The second kappa shape index (κ2) is 9.18. The lowest BCUT2D eigenvalue weighted by Gasteiger charge is -2.16. The van der Waals surface area contributed by atoms with Crippen LogP contribution in [0.4, 0.5) is 0 Å². The van der Waals surface area contributed by atoms with Gasteiger partial charge in [0.05, 0.1) is 19.6 Å². The van der Waals surface area contributed by atoms with E-state index in [0.29, 0.717) is 34.5 Å². The standard InChI is InChI=1S/C23H26N4O4/c1-30-16-9-10-19(20(15-16)31-2)27-23(29)18-8-4-3-7-17(18)21(25-27)22(28)24-11-14-26-12-5-6-13-26/h3-4,7-10,15H,5-6,11-14H2,1-2H3,(H,24,28). The van der Waals surface area contributed by atoms with Gasteiger partial charge in [-0.1, -0.05) is 18.2 Å². The number of fused-ring (bicyclic) bond motifs is 1. The number of aromatic nitrogens is 2. The summed E-state index contributed by atoms with van der Waals surface area (Å²) < 4.78 is 11.9. The Morgan fingerprint density at radius 2 is 1.81 bits per heavy atom. The zero-order chi connectivity index (χ0) is 21.8. The summed E-state index contributed by atoms with van der Waals surface area (Å²) in [5.74, 6) is 0.704. The normalized spacial score (nSPS) is 14.0. The number of carbonyl (C=O) groups is 1. The fourth-order valence-electron chi connectivity index (χ4n) is 3.90. The van der Waals surface area contributed by atoms with E-state index in [-0.39, 0.29) is 17.2 Å². The molecular weight excluding hydrogens is 396 g/mol. The molecule has 0 spiro atoms. The number of hydrogen-bond donors (Lipinski definition) is 1. The Labute approximate surface area is 180 Å². The van der Waals surface area contributed by atoms with Crippen molar-refractivity contribution in [3.63, 3.8) is 0 Å². The molecule has 1 aliphatic rings. The predicted molar refractivity (Wildman–Crippen MR) is 118 cm³/mol. The SMILES string of the molecule is COc1ccc(-n2nc(C(=O)NCCN3CCCC3)c3ccccc3c2=O)c(OC)c1. The third-order valence-corrected chi connectivity index (χ3v) is 5.55. The minimum absolute atomic E-state index is 0.203. The molecule has 0 atom stereocenters. The van der Waals surface area contributed by atoms with Crippen LogP contribution in [-0.4, -0.2) is 61.0 Å². The first kappa shape index (κ1) is 20.9. The van der Waals surface area contributed by atoms with Gasteiger partial charge in [-0.15, -0.1) is 0 Å². The van der Waals surface area contributed by atoms with Crippen molar-refractivity contribution in [1.82, 2.24) is 20.0 Å². The fraction of sp³-hybridized carbons (Fsp3) is 0.348. The van der Waals surface area contributed by atoms with Crippen LogP contribution in [-0.2, 0) is 0 Å². The van der Waals surface area contributed by atoms with E-state index in [1.807, 2.05) is 0 Å². The molecule has 0 unspecified atom stereocenters. The lowest BCUT2D eigenvalue weighted by atomic mass is 10.1. The first-order valence-electron chi connectivity index (χ1n) is 10.4. The summed E-state index contributed by atoms with van der Waals surface area (Å²) in [6.45, 7) is 3.47. The summed E-state index contributed by atoms with van der Waals surface area (Å²) in [4.78, 5) is 28.5. The molecule has 8 nitrogen and oxygen atoms in total. The van der Waals surface area contributed by atoms with E-state index in [0.717, 1.165) is 19.6 Å². The van der Waals surface area contributed by atoms with E-state index in [1.165, 1.54) is 24.6 Å². The molecule has 3 aromatic rings. The van der Waals surface area contributed by atoms with Crippen molar-refractivity contribution in [2.45, 2.75) is 12.8 Å². The van der Waals surface area contributed by atoms with E-state index in [2.05, 4.69) is 15.3 Å². The zero-order valence-corrected chi connectivity index (χ0v) is 17.8. The molecule has 162 valence electrons. The van der Waals surface area contributed by atoms with E-state index in [9.17, 15) is 9.59 Å². The number of methoxy groups -OCH3 is 2. The van der Waals surface area contributed by atoms with E-state index in [1.54, 1.807) is 49.6 Å². The van der Waals surface area contributed by atoms with Crippen LogP contribution in [0, 0.1) is 0 Å². The number of amides is 1. The minimum Gasteiger partial charge on any atom is -0.497 e. The summed E-state index contributed by atoms with van der Waals surface area (Å²) >= 11 is 0. The van der Waals surface area contributed by atoms with Crippen LogP contribution < -0.4 is 20.3 Å². The highest BCUT2D eigenvalue weighted by atomic mass is 16.5. The van der Waals surface area contributed by atoms with Gasteiger partial charge < -0.3 is 19.7 Å². The van der Waals surface area contributed by atoms with Gasteiger partial charge in [0.15, 0.2) is 5.69 Å². The number of benzene rings is 2. The van der Waals surface area contributed by atoms with Crippen molar-refractivity contribution in [2.75, 3.05) is 40.4 Å². The summed E-state index contributed by atoms with van der Waals surface area (Å²) in [5.41, 5.74) is 0.312. The predicted octanol–water partition coefficient (Wildman–Crippen LogP) is 2.23. The van der Waals surface area contributed by atoms with Gasteiger partial charge in [0.25, 0.3) is 11.5 Å². The number of nitrogens with one attached hydrogen (secondary N) is 1. The molecule has 2 heterocycles. The highest BCUT2D eigenvalue weighted by Gasteiger charge is 2.20. The van der Waals surface area contributed by atoms with Gasteiger partial charge in [0.1, 0.15) is 17.2 Å². The first-order chi connectivity index (χ1) is 15.1. The molecule has 1 fully saturated rings. The molecule has 1 saturated heterocycles. The summed E-state index contributed by atoms with van der Waals surface area (Å²) in [7, 11) is 3.07. The molecule has 2 aromatic carbocycles. The Morgan fingerprint density at radius 3 is 2.52 bits per heavy atom. The Morgan fingerprint density at radius 1 is 1.06 bits per heavy atom. The minimum atomic E-state index is -0.326. The summed E-state index contributed by atoms with van der Waals surface area (Å²) in [6, 6.07) is 12.1. The average molecular weight is 422 g/mol. The van der Waals surface area contributed by atoms with Gasteiger partial charge in [0.2, 0.25) is 0 Å². The van der Waals surface area contributed by atoms with Gasteiger partial charge in [-0.3, -0.25) is 9.59 Å². The van der Waals surface area contributed by atoms with Gasteiger partial charge in [-0.05, 0) is 44.1 Å². The second-order valence-corrected chi connectivity index (χ2v) is 7.45. The topological polar surface area (TPSA) is 85.7 Å². The Bertz CT molecular complexity index is 1150. The van der Waals surface area contributed by atoms with Crippen molar-refractivity contribution < 1.29 is 14.3 Å². The maximum atomic E-state index is 13.2. The van der Waals surface area contributed by atoms with Crippen molar-refractivity contribution >= 4 is 16.7 Å². The van der Waals surface area contributed by atoms with E-state index in [4.69, 9.17) is 9.47 Å². The molecule has 4 rings (SSSR count). The molecule has 31 heavy (non-hydrogen) atoms. The van der Waals surface area contributed by atoms with Crippen LogP contribution >= 0.6 is 0 Å². The number of likely N-dealkylation sites (tertiary alicyclic amines) is 1. The number of carbonyl (C=O) groups excluding carboxylic acids is 1. The Balaban J connectivity index is 1.73. The molecule has 0 aliphatic carbocycles. The quantitative estimate of drug-likeness (QED) is 0.629. The average Bonchev–Trinajstić information content (AvgIpc) is 3.32. The van der Waals surface area contributed by atoms with Gasteiger partial charge in [-0.2, -0.15) is 9.78 Å². The van der Waals surface area contributed by atoms with E-state index >= 15 is 0 Å². The fourth-order valence-corrected chi connectivity index (χ4v) is 3.90. The largest absolute Gasteiger partial charge is 0.497 e. The van der Waals surface area contributed by atoms with Crippen molar-refractivity contribution in [2.24, 2.45) is 0 Å². The third-order valence-electron chi connectivity index (χ3n) is 5.55. The van der Waals surface area contributed by atoms with Crippen LogP contribution in [0.3, 0.4) is 0 Å². The van der Waals surface area contributed by atoms with Crippen molar-refractivity contribution in [3.05, 3.63) is 58.5 Å². The lowest BCUT2D eigenvalue weighted by Crippen LogP contribution is -2.35. The third kappa shape index (κ3) is 4.25. The molecule has 0 radical (unpaired) electrons. The van der Waals surface area contributed by atoms with Gasteiger partial charge in [0, 0.05) is 24.5 Å². The number of ether oxygens (including phenoxy) is 2. The Kier molecular flexibility index (Phi) is 6.18. The molecule has 0 bridgehead atoms. The summed E-state index contributed by atoms with van der Waals surface area (Å²) in [6.07, 6.45) is 2.41. The zero-order valence-electron chi connectivity index (χ0n) is 17.8. The highest BCUT2D eigenvalue weighted by molar-refractivity contribution is 6.04. The lowest BCUT2D eigenvalue weighted by molar-refractivity contribution is 0.0945. The maximum Gasteiger partial charge on any atom is 0.279 e. The van der Waals surface area contributed by atoms with Crippen LogP contribution in [0.15, 0.2) is 47.3 Å². The van der Waals surface area contributed by atoms with E-state index < -0.39 is 0 Å². The Hall–Kier alpha value is -3.39. The molecule has 8 heteroatoms. The molecular formula is C23H26N4O4. The van der Waals surface area contributed by atoms with Crippen LogP contribution in [0.2, 0.25) is 0 Å². The second-order valence-electron chi connectivity index (χ2n) is 7.45. The number of hydrogen-bond acceptors (Lipinski definition) is 6. The first-order valence-corrected chi connectivity index (χ1v) is 10.4. The molecule has 0 saturated carbocycles. The molecule has 1 N–H and O–H groups in total. The molecule has 1 amide bonds. The number of rotatable bonds is 7. The highest BCUT2D eigenvalue weighted by Crippen LogP contribution is 2.27. The van der Waals surface area contributed by atoms with Crippen LogP contribution in [0.1, 0.15) is 23.3 Å². The summed E-state index contributed by atoms with van der Waals surface area (Å²) in [5, 5.41) is 8.34.